The van der Waals surface area contributed by atoms with Gasteiger partial charge in [0, 0.05) is 10.8 Å². The molecule has 0 rings (SSSR count). The molecule has 0 saturated carbocycles. The van der Waals surface area contributed by atoms with Crippen molar-refractivity contribution >= 4 is 23.6 Å². The molecule has 5 heteroatoms. The molecule has 0 fully saturated rings. The van der Waals surface area contributed by atoms with Gasteiger partial charge in [-0.15, -0.1) is 11.8 Å². The minimum atomic E-state index is -0.892. The van der Waals surface area contributed by atoms with Gasteiger partial charge in [-0.1, -0.05) is 20.8 Å². The number of thioether (sulfide) groups is 1. The Morgan fingerprint density at radius 2 is 1.81 bits per heavy atom. The zero-order chi connectivity index (χ0) is 12.9. The van der Waals surface area contributed by atoms with Crippen molar-refractivity contribution in [3.63, 3.8) is 0 Å². The summed E-state index contributed by atoms with van der Waals surface area (Å²) in [5.41, 5.74) is 0. The van der Waals surface area contributed by atoms with Gasteiger partial charge in [0.05, 0.1) is 11.7 Å². The lowest BCUT2D eigenvalue weighted by atomic mass is 10.0. The molecule has 0 heterocycles. The molecule has 0 aliphatic carbocycles. The number of carboxylic acids is 1. The number of nitrogens with one attached hydrogen (secondary N) is 1. The van der Waals surface area contributed by atoms with E-state index in [4.69, 9.17) is 5.11 Å². The van der Waals surface area contributed by atoms with Crippen LogP contribution in [0.2, 0.25) is 0 Å². The average molecular weight is 247 g/mol. The Kier molecular flexibility index (Phi) is 5.86. The van der Waals surface area contributed by atoms with E-state index in [-0.39, 0.29) is 16.7 Å². The summed E-state index contributed by atoms with van der Waals surface area (Å²) < 4.78 is 0.0407. The first-order valence-corrected chi connectivity index (χ1v) is 6.28. The summed E-state index contributed by atoms with van der Waals surface area (Å²) in [5.74, 6) is -1.21. The van der Waals surface area contributed by atoms with E-state index in [9.17, 15) is 9.59 Å². The molecule has 2 unspecified atom stereocenters. The van der Waals surface area contributed by atoms with Crippen LogP contribution in [0.25, 0.3) is 0 Å². The molecule has 0 radical (unpaired) electrons. The van der Waals surface area contributed by atoms with Crippen molar-refractivity contribution in [3.8, 4) is 0 Å². The minimum Gasteiger partial charge on any atom is -0.481 e. The Hall–Kier alpha value is -0.710. The number of carbonyl (C=O) groups is 2. The fourth-order valence-electron chi connectivity index (χ4n) is 0.917. The second-order valence-corrected chi connectivity index (χ2v) is 6.69. The van der Waals surface area contributed by atoms with Crippen molar-refractivity contribution in [1.82, 2.24) is 5.32 Å². The molecule has 0 spiro atoms. The molecule has 0 aromatic carbocycles. The molecule has 2 atom stereocenters. The first-order chi connectivity index (χ1) is 7.13. The van der Waals surface area contributed by atoms with Crippen LogP contribution in [0.4, 0.5) is 0 Å². The van der Waals surface area contributed by atoms with Gasteiger partial charge < -0.3 is 10.4 Å². The second-order valence-electron chi connectivity index (χ2n) is 4.88. The van der Waals surface area contributed by atoms with Crippen LogP contribution in [0, 0.1) is 5.92 Å². The summed E-state index contributed by atoms with van der Waals surface area (Å²) >= 11 is 1.54. The molecule has 0 aromatic rings. The van der Waals surface area contributed by atoms with Crippen LogP contribution in [0.15, 0.2) is 0 Å². The molecular formula is C11H21NO3S. The van der Waals surface area contributed by atoms with Crippen LogP contribution in [-0.4, -0.2) is 33.5 Å². The van der Waals surface area contributed by atoms with Crippen LogP contribution in [0.1, 0.15) is 34.6 Å². The summed E-state index contributed by atoms with van der Waals surface area (Å²) in [4.78, 5) is 22.2. The quantitative estimate of drug-likeness (QED) is 0.776. The highest BCUT2D eigenvalue weighted by atomic mass is 32.2. The maximum absolute atomic E-state index is 11.5. The lowest BCUT2D eigenvalue weighted by Crippen LogP contribution is -2.41. The van der Waals surface area contributed by atoms with E-state index < -0.39 is 11.9 Å². The van der Waals surface area contributed by atoms with E-state index >= 15 is 0 Å². The number of carbonyl (C=O) groups excluding carboxylic acids is 1. The molecule has 16 heavy (non-hydrogen) atoms. The van der Waals surface area contributed by atoms with Gasteiger partial charge in [0.2, 0.25) is 5.91 Å². The molecule has 94 valence electrons. The Labute approximate surface area is 101 Å². The number of aliphatic carboxylic acids is 1. The molecule has 0 aromatic heterocycles. The smallest absolute Gasteiger partial charge is 0.308 e. The average Bonchev–Trinajstić information content (AvgIpc) is 2.12. The summed E-state index contributed by atoms with van der Waals surface area (Å²) in [6.45, 7) is 9.40. The fraction of sp³-hybridized carbons (Fsp3) is 0.818. The molecule has 2 N–H and O–H groups in total. The molecule has 4 nitrogen and oxygen atoms in total. The van der Waals surface area contributed by atoms with Gasteiger partial charge in [0.15, 0.2) is 0 Å². The number of rotatable bonds is 5. The molecule has 0 aliphatic rings. The summed E-state index contributed by atoms with van der Waals surface area (Å²) in [5, 5.41) is 11.5. The Balaban J connectivity index is 4.01. The fourth-order valence-corrected chi connectivity index (χ4v) is 1.56. The van der Waals surface area contributed by atoms with E-state index in [1.165, 1.54) is 0 Å². The van der Waals surface area contributed by atoms with Crippen LogP contribution in [-0.2, 0) is 9.59 Å². The van der Waals surface area contributed by atoms with Crippen LogP contribution in [0.3, 0.4) is 0 Å². The summed E-state index contributed by atoms with van der Waals surface area (Å²) in [6.07, 6.45) is 0. The highest BCUT2D eigenvalue weighted by Gasteiger charge is 2.21. The Morgan fingerprint density at radius 1 is 1.31 bits per heavy atom. The van der Waals surface area contributed by atoms with Crippen LogP contribution >= 0.6 is 11.8 Å². The third kappa shape index (κ3) is 6.71. The van der Waals surface area contributed by atoms with Crippen LogP contribution in [0.5, 0.6) is 0 Å². The van der Waals surface area contributed by atoms with Gasteiger partial charge in [-0.3, -0.25) is 9.59 Å². The highest BCUT2D eigenvalue weighted by Crippen LogP contribution is 2.22. The zero-order valence-corrected chi connectivity index (χ0v) is 11.4. The molecular weight excluding hydrogens is 226 g/mol. The van der Waals surface area contributed by atoms with Crippen molar-refractivity contribution < 1.29 is 14.7 Å². The first-order valence-electron chi connectivity index (χ1n) is 5.29. The van der Waals surface area contributed by atoms with Crippen molar-refractivity contribution in [1.29, 1.82) is 0 Å². The molecule has 0 saturated heterocycles. The Bertz CT molecular complexity index is 260. The van der Waals surface area contributed by atoms with Crippen molar-refractivity contribution in [3.05, 3.63) is 0 Å². The van der Waals surface area contributed by atoms with Crippen molar-refractivity contribution in [2.75, 3.05) is 5.75 Å². The molecule has 1 amide bonds. The minimum absolute atomic E-state index is 0.0407. The number of amides is 1. The highest BCUT2D eigenvalue weighted by molar-refractivity contribution is 8.01. The van der Waals surface area contributed by atoms with Crippen molar-refractivity contribution in [2.24, 2.45) is 5.92 Å². The third-order valence-electron chi connectivity index (χ3n) is 2.16. The van der Waals surface area contributed by atoms with E-state index in [1.54, 1.807) is 25.6 Å². The van der Waals surface area contributed by atoms with Gasteiger partial charge >= 0.3 is 5.97 Å². The second kappa shape index (κ2) is 6.13. The van der Waals surface area contributed by atoms with E-state index in [2.05, 4.69) is 5.32 Å². The number of carboxylic acid groups (broad SMARTS) is 1. The maximum Gasteiger partial charge on any atom is 0.308 e. The van der Waals surface area contributed by atoms with Gasteiger partial charge in [-0.05, 0) is 13.8 Å². The van der Waals surface area contributed by atoms with E-state index in [0.717, 1.165) is 0 Å². The summed E-state index contributed by atoms with van der Waals surface area (Å²) in [6, 6.07) is -0.342. The predicted octanol–water partition coefficient (Wildman–Crippen LogP) is 1.74. The van der Waals surface area contributed by atoms with Gasteiger partial charge in [0.1, 0.15) is 0 Å². The molecule has 0 bridgehead atoms. The largest absolute Gasteiger partial charge is 0.481 e. The lowest BCUT2D eigenvalue weighted by Gasteiger charge is -2.20. The number of hydrogen-bond acceptors (Lipinski definition) is 3. The van der Waals surface area contributed by atoms with Gasteiger partial charge in [-0.25, -0.2) is 0 Å². The lowest BCUT2D eigenvalue weighted by molar-refractivity contribution is -0.142. The Morgan fingerprint density at radius 3 is 2.19 bits per heavy atom. The van der Waals surface area contributed by atoms with E-state index in [0.29, 0.717) is 5.75 Å². The third-order valence-corrected chi connectivity index (χ3v) is 3.44. The predicted molar refractivity (Wildman–Crippen MR) is 66.6 cm³/mol. The topological polar surface area (TPSA) is 66.4 Å². The first kappa shape index (κ1) is 15.3. The normalized spacial score (nSPS) is 15.3. The maximum atomic E-state index is 11.5. The summed E-state index contributed by atoms with van der Waals surface area (Å²) in [7, 11) is 0. The number of hydrogen-bond donors (Lipinski definition) is 2. The molecule has 0 aliphatic heterocycles. The SMILES string of the molecule is CC(NC(=O)CSC(C)(C)C)C(C)C(=O)O. The van der Waals surface area contributed by atoms with Crippen molar-refractivity contribution in [2.45, 2.75) is 45.4 Å². The van der Waals surface area contributed by atoms with Gasteiger partial charge in [-0.2, -0.15) is 0 Å². The standard InChI is InChI=1S/C11H21NO3S/c1-7(10(14)15)8(2)12-9(13)6-16-11(3,4)5/h7-8H,6H2,1-5H3,(H,12,13)(H,14,15). The van der Waals surface area contributed by atoms with Gasteiger partial charge in [0.25, 0.3) is 0 Å². The monoisotopic (exact) mass is 247 g/mol. The zero-order valence-electron chi connectivity index (χ0n) is 10.5. The van der Waals surface area contributed by atoms with Crippen LogP contribution < -0.4 is 5.32 Å². The van der Waals surface area contributed by atoms with E-state index in [1.807, 2.05) is 20.8 Å².